The average molecular weight is 411 g/mol. The molecule has 7 heteroatoms. The van der Waals surface area contributed by atoms with Crippen LogP contribution in [0.3, 0.4) is 0 Å². The van der Waals surface area contributed by atoms with Crippen LogP contribution in [-0.4, -0.2) is 25.9 Å². The van der Waals surface area contributed by atoms with Crippen molar-refractivity contribution in [2.24, 2.45) is 5.92 Å². The molecule has 0 aromatic carbocycles. The number of aromatic nitrogens is 4. The molecule has 144 valence electrons. The highest BCUT2D eigenvalue weighted by molar-refractivity contribution is 7.71. The Kier molecular flexibility index (Phi) is 4.74. The van der Waals surface area contributed by atoms with E-state index in [9.17, 15) is 0 Å². The van der Waals surface area contributed by atoms with Gasteiger partial charge in [0, 0.05) is 47.3 Å². The molecule has 3 aromatic heterocycles. The molecule has 0 bridgehead atoms. The summed E-state index contributed by atoms with van der Waals surface area (Å²) in [5.74, 6) is 1.68. The molecular weight excluding hydrogens is 386 g/mol. The SMILES string of the molecule is C=CCn1c(-c2cccnc2)nn(C[NH+]2CCc3sccc3[C@H]2C2CC2)c1=S. The second kappa shape index (κ2) is 7.39. The van der Waals surface area contributed by atoms with Crippen molar-refractivity contribution in [2.75, 3.05) is 6.54 Å². The van der Waals surface area contributed by atoms with E-state index in [1.165, 1.54) is 12.8 Å². The molecule has 0 radical (unpaired) electrons. The third kappa shape index (κ3) is 3.17. The summed E-state index contributed by atoms with van der Waals surface area (Å²) in [6.07, 6.45) is 9.35. The normalized spacial score (nSPS) is 21.4. The minimum Gasteiger partial charge on any atom is -0.310 e. The third-order valence-electron chi connectivity index (χ3n) is 5.83. The van der Waals surface area contributed by atoms with Crippen LogP contribution < -0.4 is 4.90 Å². The van der Waals surface area contributed by atoms with Crippen LogP contribution in [0.1, 0.15) is 29.3 Å². The van der Waals surface area contributed by atoms with E-state index in [2.05, 4.69) is 27.6 Å². The van der Waals surface area contributed by atoms with Gasteiger partial charge in [0.15, 0.2) is 12.5 Å². The van der Waals surface area contributed by atoms with E-state index in [4.69, 9.17) is 17.3 Å². The molecule has 1 unspecified atom stereocenters. The quantitative estimate of drug-likeness (QED) is 0.501. The highest BCUT2D eigenvalue weighted by atomic mass is 32.1. The molecule has 0 amide bonds. The van der Waals surface area contributed by atoms with Gasteiger partial charge in [0.1, 0.15) is 6.04 Å². The fourth-order valence-corrected chi connectivity index (χ4v) is 5.61. The van der Waals surface area contributed by atoms with Gasteiger partial charge in [-0.05, 0) is 48.6 Å². The highest BCUT2D eigenvalue weighted by Gasteiger charge is 2.43. The van der Waals surface area contributed by atoms with E-state index < -0.39 is 0 Å². The minimum absolute atomic E-state index is 0.586. The Bertz CT molecular complexity index is 1040. The number of rotatable bonds is 6. The second-order valence-electron chi connectivity index (χ2n) is 7.68. The molecule has 1 aliphatic carbocycles. The van der Waals surface area contributed by atoms with Gasteiger partial charge in [0.25, 0.3) is 0 Å². The van der Waals surface area contributed by atoms with Gasteiger partial charge in [-0.3, -0.25) is 9.55 Å². The molecule has 1 fully saturated rings. The molecule has 1 N–H and O–H groups in total. The van der Waals surface area contributed by atoms with Crippen LogP contribution in [0, 0.1) is 10.7 Å². The molecule has 3 aromatic rings. The Morgan fingerprint density at radius 2 is 2.25 bits per heavy atom. The van der Waals surface area contributed by atoms with Crippen molar-refractivity contribution >= 4 is 23.6 Å². The maximum atomic E-state index is 5.81. The van der Waals surface area contributed by atoms with Gasteiger partial charge in [0.05, 0.1) is 6.54 Å². The molecule has 2 aliphatic rings. The Balaban J connectivity index is 1.50. The zero-order chi connectivity index (χ0) is 19.1. The minimum atomic E-state index is 0.586. The average Bonchev–Trinajstić information content (AvgIpc) is 3.37. The van der Waals surface area contributed by atoms with Crippen LogP contribution in [0.15, 0.2) is 48.6 Å². The van der Waals surface area contributed by atoms with Crippen LogP contribution in [0.5, 0.6) is 0 Å². The molecule has 4 heterocycles. The molecule has 5 rings (SSSR count). The zero-order valence-electron chi connectivity index (χ0n) is 15.8. The number of quaternary nitrogens is 1. The van der Waals surface area contributed by atoms with Gasteiger partial charge in [0.2, 0.25) is 4.77 Å². The largest absolute Gasteiger partial charge is 0.310 e. The van der Waals surface area contributed by atoms with Crippen LogP contribution in [0.25, 0.3) is 11.4 Å². The van der Waals surface area contributed by atoms with Gasteiger partial charge >= 0.3 is 0 Å². The zero-order valence-corrected chi connectivity index (χ0v) is 17.4. The third-order valence-corrected chi connectivity index (χ3v) is 7.26. The maximum Gasteiger partial charge on any atom is 0.203 e. The van der Waals surface area contributed by atoms with E-state index in [1.54, 1.807) is 21.5 Å². The first-order valence-corrected chi connectivity index (χ1v) is 11.1. The summed E-state index contributed by atoms with van der Waals surface area (Å²) in [6.45, 7) is 6.51. The summed E-state index contributed by atoms with van der Waals surface area (Å²) in [4.78, 5) is 7.42. The fraction of sp³-hybridized carbons (Fsp3) is 0.381. The topological polar surface area (TPSA) is 40.1 Å². The summed E-state index contributed by atoms with van der Waals surface area (Å²) >= 11 is 7.73. The second-order valence-corrected chi connectivity index (χ2v) is 9.04. The summed E-state index contributed by atoms with van der Waals surface area (Å²) in [5, 5.41) is 7.18. The first kappa shape index (κ1) is 18.0. The molecular formula is C21H24N5S2+. The lowest BCUT2D eigenvalue weighted by molar-refractivity contribution is -0.958. The van der Waals surface area contributed by atoms with E-state index in [0.717, 1.165) is 41.7 Å². The lowest BCUT2D eigenvalue weighted by Crippen LogP contribution is -3.13. The van der Waals surface area contributed by atoms with Gasteiger partial charge in [-0.25, -0.2) is 0 Å². The lowest BCUT2D eigenvalue weighted by atomic mass is 9.96. The molecule has 28 heavy (non-hydrogen) atoms. The molecule has 1 aliphatic heterocycles. The first-order chi connectivity index (χ1) is 13.8. The van der Waals surface area contributed by atoms with Crippen molar-refractivity contribution in [2.45, 2.75) is 38.5 Å². The van der Waals surface area contributed by atoms with Gasteiger partial charge in [-0.2, -0.15) is 4.68 Å². The first-order valence-electron chi connectivity index (χ1n) is 9.86. The molecule has 0 spiro atoms. The number of pyridine rings is 1. The van der Waals surface area contributed by atoms with Crippen molar-refractivity contribution < 1.29 is 4.90 Å². The number of nitrogens with one attached hydrogen (secondary N) is 1. The van der Waals surface area contributed by atoms with Crippen molar-refractivity contribution in [3.8, 4) is 11.4 Å². The number of hydrogen-bond acceptors (Lipinski definition) is 4. The summed E-state index contributed by atoms with van der Waals surface area (Å²) < 4.78 is 4.84. The van der Waals surface area contributed by atoms with E-state index in [1.807, 2.05) is 40.4 Å². The number of thiophene rings is 1. The number of hydrogen-bond donors (Lipinski definition) is 1. The number of allylic oxidation sites excluding steroid dienone is 1. The van der Waals surface area contributed by atoms with Crippen LogP contribution >= 0.6 is 23.6 Å². The van der Waals surface area contributed by atoms with Crippen LogP contribution in [-0.2, 0) is 19.6 Å². The highest BCUT2D eigenvalue weighted by Crippen LogP contribution is 2.42. The molecule has 2 atom stereocenters. The smallest absolute Gasteiger partial charge is 0.203 e. The predicted molar refractivity (Wildman–Crippen MR) is 114 cm³/mol. The summed E-state index contributed by atoms with van der Waals surface area (Å²) in [7, 11) is 0. The van der Waals surface area contributed by atoms with Crippen molar-refractivity contribution in [3.05, 3.63) is 63.8 Å². The van der Waals surface area contributed by atoms with E-state index >= 15 is 0 Å². The Morgan fingerprint density at radius 3 is 3.00 bits per heavy atom. The monoisotopic (exact) mass is 410 g/mol. The maximum absolute atomic E-state index is 5.81. The molecule has 5 nitrogen and oxygen atoms in total. The van der Waals surface area contributed by atoms with Crippen molar-refractivity contribution in [3.63, 3.8) is 0 Å². The predicted octanol–water partition coefficient (Wildman–Crippen LogP) is 3.27. The Hall–Kier alpha value is -2.09. The fourth-order valence-electron chi connectivity index (χ4n) is 4.41. The van der Waals surface area contributed by atoms with Crippen molar-refractivity contribution in [1.29, 1.82) is 0 Å². The standard InChI is InChI=1S/C21H23N5S2/c1-2-10-25-20(16-4-3-9-22-13-16)23-26(21(25)27)14-24-11-7-18-17(8-12-28-18)19(24)15-5-6-15/h2-4,8-9,12-13,15,19H,1,5-7,10-11,14H2/p+1/t19-/m1/s1. The van der Waals surface area contributed by atoms with Crippen molar-refractivity contribution in [1.82, 2.24) is 19.3 Å². The van der Waals surface area contributed by atoms with Crippen LogP contribution in [0.2, 0.25) is 0 Å². The van der Waals surface area contributed by atoms with E-state index in [0.29, 0.717) is 12.6 Å². The van der Waals surface area contributed by atoms with Crippen LogP contribution in [0.4, 0.5) is 0 Å². The summed E-state index contributed by atoms with van der Waals surface area (Å²) in [5.41, 5.74) is 2.56. The Labute approximate surface area is 174 Å². The molecule has 0 saturated heterocycles. The number of fused-ring (bicyclic) bond motifs is 1. The van der Waals surface area contributed by atoms with Gasteiger partial charge < -0.3 is 4.90 Å². The number of nitrogens with zero attached hydrogens (tertiary/aromatic N) is 4. The summed E-state index contributed by atoms with van der Waals surface area (Å²) in [6, 6.07) is 6.90. The van der Waals surface area contributed by atoms with E-state index in [-0.39, 0.29) is 0 Å². The van der Waals surface area contributed by atoms with Gasteiger partial charge in [-0.15, -0.1) is 23.0 Å². The van der Waals surface area contributed by atoms with Gasteiger partial charge in [-0.1, -0.05) is 6.08 Å². The molecule has 1 saturated carbocycles. The Morgan fingerprint density at radius 1 is 1.36 bits per heavy atom. The lowest BCUT2D eigenvalue weighted by Gasteiger charge is -2.32.